The highest BCUT2D eigenvalue weighted by atomic mass is 32.1. The van der Waals surface area contributed by atoms with Gasteiger partial charge in [-0.1, -0.05) is 0 Å². The van der Waals surface area contributed by atoms with Crippen LogP contribution in [0.15, 0.2) is 36.4 Å². The highest BCUT2D eigenvalue weighted by Crippen LogP contribution is 2.35. The molecule has 2 heterocycles. The second-order valence-corrected chi connectivity index (χ2v) is 7.57. The summed E-state index contributed by atoms with van der Waals surface area (Å²) >= 11 is 1.22. The molecule has 6 nitrogen and oxygen atoms in total. The first-order valence-corrected chi connectivity index (χ1v) is 9.81. The minimum atomic E-state index is -0.569. The molecule has 0 N–H and O–H groups in total. The van der Waals surface area contributed by atoms with Crippen molar-refractivity contribution in [1.82, 2.24) is 9.55 Å². The lowest BCUT2D eigenvalue weighted by atomic mass is 10.0. The van der Waals surface area contributed by atoms with Crippen molar-refractivity contribution in [2.24, 2.45) is 0 Å². The number of rotatable bonds is 6. The highest BCUT2D eigenvalue weighted by molar-refractivity contribution is 7.15. The van der Waals surface area contributed by atoms with E-state index in [1.165, 1.54) is 11.3 Å². The molecule has 3 aromatic rings. The van der Waals surface area contributed by atoms with Gasteiger partial charge < -0.3 is 14.2 Å². The fraction of sp³-hybridized carbons (Fsp3) is 0.238. The van der Waals surface area contributed by atoms with Crippen molar-refractivity contribution in [3.63, 3.8) is 0 Å². The minimum absolute atomic E-state index is 0.0758. The smallest absolute Gasteiger partial charge is 0.150 e. The summed E-state index contributed by atoms with van der Waals surface area (Å²) in [7, 11) is 3.20. The standard InChI is InChI=1S/C21H17F2N3O3S/c1-27-17-6-15-16(7-18(17)28-2)26(11-25-15)21-8-19(20(9-24)30-21)29-10-12-5-13(22)3-4-14(12)23/h3-6,8,11,18H,7,10H2,1-2H3. The number of benzene rings is 1. The number of hydrogen-bond donors (Lipinski definition) is 0. The molecule has 1 aliphatic carbocycles. The third kappa shape index (κ3) is 3.67. The minimum Gasteiger partial charge on any atom is -0.498 e. The van der Waals surface area contributed by atoms with Gasteiger partial charge in [-0.2, -0.15) is 5.26 Å². The highest BCUT2D eigenvalue weighted by Gasteiger charge is 2.27. The zero-order chi connectivity index (χ0) is 21.3. The number of nitrogens with zero attached hydrogens (tertiary/aromatic N) is 3. The van der Waals surface area contributed by atoms with E-state index in [4.69, 9.17) is 14.2 Å². The topological polar surface area (TPSA) is 69.3 Å². The Bertz CT molecular complexity index is 1160. The summed E-state index contributed by atoms with van der Waals surface area (Å²) in [6.45, 7) is -0.192. The Kier molecular flexibility index (Phi) is 5.53. The van der Waals surface area contributed by atoms with Gasteiger partial charge in [0.05, 0.1) is 18.5 Å². The third-order valence-electron chi connectivity index (χ3n) is 4.81. The van der Waals surface area contributed by atoms with Crippen LogP contribution in [0, 0.1) is 23.0 Å². The molecule has 0 radical (unpaired) electrons. The molecule has 2 aromatic heterocycles. The lowest BCUT2D eigenvalue weighted by Crippen LogP contribution is -2.23. The van der Waals surface area contributed by atoms with E-state index in [9.17, 15) is 14.0 Å². The molecule has 154 valence electrons. The monoisotopic (exact) mass is 429 g/mol. The SMILES string of the molecule is COC1=Cc2ncn(-c3cc(OCc4cc(F)ccc4F)c(C#N)s3)c2CC1OC. The summed E-state index contributed by atoms with van der Waals surface area (Å²) in [5.74, 6) is -0.126. The Morgan fingerprint density at radius 1 is 1.30 bits per heavy atom. The van der Waals surface area contributed by atoms with E-state index in [2.05, 4.69) is 11.1 Å². The van der Waals surface area contributed by atoms with Gasteiger partial charge in [0.2, 0.25) is 0 Å². The number of aromatic nitrogens is 2. The second kappa shape index (κ2) is 8.26. The van der Waals surface area contributed by atoms with E-state index >= 15 is 0 Å². The molecule has 0 fully saturated rings. The summed E-state index contributed by atoms with van der Waals surface area (Å²) in [4.78, 5) is 4.75. The van der Waals surface area contributed by atoms with Crippen LogP contribution < -0.4 is 4.74 Å². The number of imidazole rings is 1. The molecule has 0 bridgehead atoms. The number of hydrogen-bond acceptors (Lipinski definition) is 6. The maximum Gasteiger partial charge on any atom is 0.150 e. The summed E-state index contributed by atoms with van der Waals surface area (Å²) in [5.41, 5.74) is 1.75. The van der Waals surface area contributed by atoms with E-state index in [0.717, 1.165) is 34.6 Å². The molecule has 1 atom stereocenters. The quantitative estimate of drug-likeness (QED) is 0.587. The molecule has 9 heteroatoms. The predicted molar refractivity (Wildman–Crippen MR) is 106 cm³/mol. The number of nitriles is 1. The van der Waals surface area contributed by atoms with Crippen molar-refractivity contribution in [1.29, 1.82) is 5.26 Å². The van der Waals surface area contributed by atoms with E-state index < -0.39 is 11.6 Å². The lowest BCUT2D eigenvalue weighted by Gasteiger charge is -2.22. The molecule has 0 saturated heterocycles. The molecule has 0 amide bonds. The first kappa shape index (κ1) is 20.1. The summed E-state index contributed by atoms with van der Waals surface area (Å²) < 4.78 is 45.6. The molecular weight excluding hydrogens is 412 g/mol. The van der Waals surface area contributed by atoms with Crippen LogP contribution in [0.3, 0.4) is 0 Å². The van der Waals surface area contributed by atoms with Gasteiger partial charge in [0.15, 0.2) is 5.75 Å². The van der Waals surface area contributed by atoms with E-state index in [-0.39, 0.29) is 18.3 Å². The number of methoxy groups -OCH3 is 2. The zero-order valence-corrected chi connectivity index (χ0v) is 17.0. The predicted octanol–water partition coefficient (Wildman–Crippen LogP) is 4.22. The van der Waals surface area contributed by atoms with E-state index in [0.29, 0.717) is 22.8 Å². The van der Waals surface area contributed by atoms with Crippen molar-refractivity contribution in [2.45, 2.75) is 19.1 Å². The van der Waals surface area contributed by atoms with Gasteiger partial charge in [0.25, 0.3) is 0 Å². The fourth-order valence-electron chi connectivity index (χ4n) is 3.27. The number of fused-ring (bicyclic) bond motifs is 1. The Hall–Kier alpha value is -3.22. The lowest BCUT2D eigenvalue weighted by molar-refractivity contribution is 0.0784. The molecular formula is C21H17F2N3O3S. The van der Waals surface area contributed by atoms with Crippen LogP contribution in [0.1, 0.15) is 21.8 Å². The fourth-order valence-corrected chi connectivity index (χ4v) is 4.16. The van der Waals surface area contributed by atoms with Crippen molar-refractivity contribution < 1.29 is 23.0 Å². The van der Waals surface area contributed by atoms with Gasteiger partial charge in [-0.15, -0.1) is 11.3 Å². The molecule has 1 aromatic carbocycles. The zero-order valence-electron chi connectivity index (χ0n) is 16.2. The molecule has 0 aliphatic heterocycles. The largest absolute Gasteiger partial charge is 0.498 e. The van der Waals surface area contributed by atoms with Crippen LogP contribution >= 0.6 is 11.3 Å². The van der Waals surface area contributed by atoms with Crippen LogP contribution in [0.4, 0.5) is 8.78 Å². The van der Waals surface area contributed by atoms with Crippen LogP contribution in [0.5, 0.6) is 5.75 Å². The van der Waals surface area contributed by atoms with Crippen molar-refractivity contribution in [3.05, 3.63) is 69.8 Å². The molecule has 0 spiro atoms. The van der Waals surface area contributed by atoms with E-state index in [1.807, 2.05) is 10.6 Å². The van der Waals surface area contributed by atoms with Crippen molar-refractivity contribution in [2.75, 3.05) is 14.2 Å². The maximum atomic E-state index is 13.9. The number of halogens is 2. The van der Waals surface area contributed by atoms with Crippen molar-refractivity contribution >= 4 is 17.4 Å². The Balaban J connectivity index is 1.63. The normalized spacial score (nSPS) is 15.3. The Morgan fingerprint density at radius 3 is 2.87 bits per heavy atom. The number of ether oxygens (including phenoxy) is 3. The first-order chi connectivity index (χ1) is 14.5. The van der Waals surface area contributed by atoms with Gasteiger partial charge in [0.1, 0.15) is 52.4 Å². The van der Waals surface area contributed by atoms with Gasteiger partial charge in [-0.3, -0.25) is 4.57 Å². The molecule has 30 heavy (non-hydrogen) atoms. The van der Waals surface area contributed by atoms with Crippen LogP contribution in [0.25, 0.3) is 11.1 Å². The van der Waals surface area contributed by atoms with Crippen LogP contribution in [-0.4, -0.2) is 29.9 Å². The Morgan fingerprint density at radius 2 is 2.13 bits per heavy atom. The average molecular weight is 429 g/mol. The van der Waals surface area contributed by atoms with Gasteiger partial charge in [-0.25, -0.2) is 13.8 Å². The van der Waals surface area contributed by atoms with Crippen LogP contribution in [0.2, 0.25) is 0 Å². The maximum absolute atomic E-state index is 13.9. The summed E-state index contributed by atoms with van der Waals surface area (Å²) in [5, 5.41) is 10.2. The van der Waals surface area contributed by atoms with Gasteiger partial charge >= 0.3 is 0 Å². The molecule has 1 unspecified atom stereocenters. The summed E-state index contributed by atoms with van der Waals surface area (Å²) in [6, 6.07) is 6.95. The molecule has 1 aliphatic rings. The molecule has 0 saturated carbocycles. The van der Waals surface area contributed by atoms with Gasteiger partial charge in [-0.05, 0) is 18.2 Å². The average Bonchev–Trinajstić information content (AvgIpc) is 3.36. The van der Waals surface area contributed by atoms with E-state index in [1.54, 1.807) is 26.6 Å². The Labute approximate surface area is 175 Å². The second-order valence-electron chi connectivity index (χ2n) is 6.54. The summed E-state index contributed by atoms with van der Waals surface area (Å²) in [6.07, 6.45) is 3.80. The van der Waals surface area contributed by atoms with Gasteiger partial charge in [0, 0.05) is 31.2 Å². The first-order valence-electron chi connectivity index (χ1n) is 8.99. The third-order valence-corrected chi connectivity index (χ3v) is 5.83. The van der Waals surface area contributed by atoms with Crippen molar-refractivity contribution in [3.8, 4) is 16.8 Å². The van der Waals surface area contributed by atoms with Crippen LogP contribution in [-0.2, 0) is 22.5 Å². The molecule has 4 rings (SSSR count). The number of thiophene rings is 1.